The molecule has 4 heterocycles. The van der Waals surface area contributed by atoms with Gasteiger partial charge in [-0.05, 0) is 37.1 Å². The summed E-state index contributed by atoms with van der Waals surface area (Å²) in [7, 11) is 0. The van der Waals surface area contributed by atoms with Crippen molar-refractivity contribution in [2.24, 2.45) is 0 Å². The molecule has 2 aliphatic rings. The molecule has 0 bridgehead atoms. The Kier molecular flexibility index (Phi) is 6.29. The number of aromatic amines is 1. The van der Waals surface area contributed by atoms with Crippen molar-refractivity contribution < 1.29 is 22.4 Å². The number of hydrogen-bond acceptors (Lipinski definition) is 6. The summed E-state index contributed by atoms with van der Waals surface area (Å²) in [6.07, 6.45) is 3.96. The maximum Gasteiger partial charge on any atom is 0.416 e. The number of halogens is 4. The van der Waals surface area contributed by atoms with Gasteiger partial charge in [0.1, 0.15) is 17.8 Å². The number of hydrogen-bond donors (Lipinski definition) is 1. The van der Waals surface area contributed by atoms with Gasteiger partial charge in [-0.25, -0.2) is 14.4 Å². The van der Waals surface area contributed by atoms with Gasteiger partial charge in [0, 0.05) is 55.6 Å². The number of aromatic nitrogens is 5. The fourth-order valence-electron chi connectivity index (χ4n) is 5.77. The summed E-state index contributed by atoms with van der Waals surface area (Å²) in [5.74, 6) is -1.80. The SMILES string of the molecule is N#CC[C@]1(n2cc(-c3ncnc4[nH]ccc34)cn2)C[C@H](N2CCN(C(=O)c3ccc(C(F)(F)F)cc3F)CC2)C1. The highest BCUT2D eigenvalue weighted by atomic mass is 19.4. The summed E-state index contributed by atoms with van der Waals surface area (Å²) in [5.41, 5.74) is 0.357. The zero-order chi connectivity index (χ0) is 28.1. The quantitative estimate of drug-likeness (QED) is 0.372. The van der Waals surface area contributed by atoms with E-state index in [4.69, 9.17) is 0 Å². The first kappa shape index (κ1) is 25.9. The first-order valence-corrected chi connectivity index (χ1v) is 12.8. The third-order valence-corrected chi connectivity index (χ3v) is 7.98. The van der Waals surface area contributed by atoms with Crippen LogP contribution in [0, 0.1) is 17.1 Å². The van der Waals surface area contributed by atoms with E-state index in [0.717, 1.165) is 34.4 Å². The average molecular weight is 553 g/mol. The number of benzene rings is 1. The van der Waals surface area contributed by atoms with Crippen molar-refractivity contribution in [3.8, 4) is 17.3 Å². The topological polar surface area (TPSA) is 107 Å². The molecule has 0 unspecified atom stereocenters. The summed E-state index contributed by atoms with van der Waals surface area (Å²) in [4.78, 5) is 28.2. The lowest BCUT2D eigenvalue weighted by Gasteiger charge is -2.52. The van der Waals surface area contributed by atoms with E-state index in [1.165, 1.54) is 11.2 Å². The number of nitrogens with one attached hydrogen (secondary N) is 1. The number of carbonyl (C=O) groups is 1. The Morgan fingerprint density at radius 3 is 2.62 bits per heavy atom. The number of piperazine rings is 1. The van der Waals surface area contributed by atoms with Crippen molar-refractivity contribution in [3.05, 3.63) is 66.1 Å². The fraction of sp³-hybridized carbons (Fsp3) is 0.370. The minimum atomic E-state index is -4.68. The maximum atomic E-state index is 14.3. The standard InChI is InChI=1S/C27H24F4N8O/c28-22-11-18(27(29,30)31)1-2-20(22)25(40)38-9-7-37(8-10-38)19-12-26(13-19,4-5-32)39-15-17(14-36-39)23-21-3-6-33-24(21)35-16-34-23/h1-3,6,11,14-16,19H,4,7-10,12-13H2,(H,33,34,35)/t19-,26-. The predicted molar refractivity (Wildman–Crippen MR) is 135 cm³/mol. The van der Waals surface area contributed by atoms with E-state index in [-0.39, 0.29) is 11.6 Å². The predicted octanol–water partition coefficient (Wildman–Crippen LogP) is 4.21. The van der Waals surface area contributed by atoms with Gasteiger partial charge >= 0.3 is 6.18 Å². The molecule has 13 heteroatoms. The summed E-state index contributed by atoms with van der Waals surface area (Å²) in [5, 5.41) is 15.1. The van der Waals surface area contributed by atoms with Gasteiger partial charge in [0.15, 0.2) is 0 Å². The van der Waals surface area contributed by atoms with Crippen molar-refractivity contribution in [2.45, 2.75) is 37.0 Å². The second kappa shape index (κ2) is 9.71. The number of H-pyrrole nitrogens is 1. The van der Waals surface area contributed by atoms with Crippen LogP contribution in [-0.4, -0.2) is 72.7 Å². The van der Waals surface area contributed by atoms with Crippen LogP contribution in [0.15, 0.2) is 49.2 Å². The van der Waals surface area contributed by atoms with E-state index in [9.17, 15) is 27.6 Å². The smallest absolute Gasteiger partial charge is 0.346 e. The second-order valence-corrected chi connectivity index (χ2v) is 10.3. The van der Waals surface area contributed by atoms with Crippen LogP contribution in [0.25, 0.3) is 22.3 Å². The summed E-state index contributed by atoms with van der Waals surface area (Å²) in [6.45, 7) is 1.73. The zero-order valence-corrected chi connectivity index (χ0v) is 21.2. The van der Waals surface area contributed by atoms with Gasteiger partial charge in [0.05, 0.1) is 41.0 Å². The van der Waals surface area contributed by atoms with Crippen molar-refractivity contribution >= 4 is 16.9 Å². The summed E-state index contributed by atoms with van der Waals surface area (Å²) < 4.78 is 54.8. The van der Waals surface area contributed by atoms with E-state index in [0.29, 0.717) is 51.5 Å². The van der Waals surface area contributed by atoms with Crippen LogP contribution in [0.2, 0.25) is 0 Å². The molecule has 9 nitrogen and oxygen atoms in total. The third kappa shape index (κ3) is 4.48. The van der Waals surface area contributed by atoms with Gasteiger partial charge in [-0.3, -0.25) is 14.4 Å². The number of nitrogens with zero attached hydrogens (tertiary/aromatic N) is 7. The zero-order valence-electron chi connectivity index (χ0n) is 21.2. The van der Waals surface area contributed by atoms with Crippen LogP contribution >= 0.6 is 0 Å². The van der Waals surface area contributed by atoms with Gasteiger partial charge in [-0.15, -0.1) is 0 Å². The Morgan fingerprint density at radius 2 is 1.93 bits per heavy atom. The van der Waals surface area contributed by atoms with E-state index >= 15 is 0 Å². The van der Waals surface area contributed by atoms with Crippen LogP contribution in [0.5, 0.6) is 0 Å². The average Bonchev–Trinajstić information content (AvgIpc) is 3.60. The van der Waals surface area contributed by atoms with Crippen molar-refractivity contribution in [3.63, 3.8) is 0 Å². The Morgan fingerprint density at radius 1 is 1.15 bits per heavy atom. The normalized spacial score (nSPS) is 21.8. The van der Waals surface area contributed by atoms with Gasteiger partial charge in [0.2, 0.25) is 0 Å². The minimum absolute atomic E-state index is 0.177. The maximum absolute atomic E-state index is 14.3. The van der Waals surface area contributed by atoms with Crippen LogP contribution in [0.1, 0.15) is 35.2 Å². The molecule has 40 heavy (non-hydrogen) atoms. The summed E-state index contributed by atoms with van der Waals surface area (Å²) in [6, 6.07) is 6.36. The molecule has 1 N–H and O–H groups in total. The van der Waals surface area contributed by atoms with Gasteiger partial charge < -0.3 is 9.88 Å². The highest BCUT2D eigenvalue weighted by Crippen LogP contribution is 2.45. The Hall–Kier alpha value is -4.31. The number of fused-ring (bicyclic) bond motifs is 1. The fourth-order valence-corrected chi connectivity index (χ4v) is 5.77. The second-order valence-electron chi connectivity index (χ2n) is 10.3. The first-order valence-electron chi connectivity index (χ1n) is 12.8. The largest absolute Gasteiger partial charge is 0.416 e. The van der Waals surface area contributed by atoms with Crippen molar-refractivity contribution in [2.75, 3.05) is 26.2 Å². The molecule has 1 aliphatic heterocycles. The van der Waals surface area contributed by atoms with E-state index < -0.39 is 29.0 Å². The molecular formula is C27H24F4N8O. The van der Waals surface area contributed by atoms with Crippen LogP contribution in [0.4, 0.5) is 17.6 Å². The number of amides is 1. The van der Waals surface area contributed by atoms with Gasteiger partial charge in [-0.1, -0.05) is 0 Å². The van der Waals surface area contributed by atoms with Crippen molar-refractivity contribution in [1.29, 1.82) is 5.26 Å². The number of rotatable bonds is 5. The Labute approximate surface area is 226 Å². The lowest BCUT2D eigenvalue weighted by atomic mass is 9.70. The molecule has 0 radical (unpaired) electrons. The molecule has 0 spiro atoms. The van der Waals surface area contributed by atoms with Gasteiger partial charge in [-0.2, -0.15) is 23.5 Å². The molecule has 206 valence electrons. The highest BCUT2D eigenvalue weighted by Gasteiger charge is 2.49. The molecule has 1 saturated heterocycles. The lowest BCUT2D eigenvalue weighted by Crippen LogP contribution is -2.60. The lowest BCUT2D eigenvalue weighted by molar-refractivity contribution is -0.137. The number of nitriles is 1. The van der Waals surface area contributed by atoms with Crippen LogP contribution in [-0.2, 0) is 11.7 Å². The summed E-state index contributed by atoms with van der Waals surface area (Å²) >= 11 is 0. The molecule has 1 aliphatic carbocycles. The molecule has 1 amide bonds. The third-order valence-electron chi connectivity index (χ3n) is 7.98. The molecule has 6 rings (SSSR count). The molecule has 2 fully saturated rings. The molecule has 1 aromatic carbocycles. The molecule has 3 aromatic heterocycles. The molecular weight excluding hydrogens is 528 g/mol. The van der Waals surface area contributed by atoms with Crippen molar-refractivity contribution in [1.82, 2.24) is 34.5 Å². The van der Waals surface area contributed by atoms with Gasteiger partial charge in [0.25, 0.3) is 5.91 Å². The van der Waals surface area contributed by atoms with Crippen LogP contribution in [0.3, 0.4) is 0 Å². The molecule has 4 aromatic rings. The Bertz CT molecular complexity index is 1610. The highest BCUT2D eigenvalue weighted by molar-refractivity contribution is 5.94. The molecule has 1 saturated carbocycles. The number of alkyl halides is 3. The minimum Gasteiger partial charge on any atom is -0.346 e. The number of carbonyl (C=O) groups excluding carboxylic acids is 1. The van der Waals surface area contributed by atoms with Crippen LogP contribution < -0.4 is 0 Å². The van der Waals surface area contributed by atoms with E-state index in [1.807, 2.05) is 16.9 Å². The van der Waals surface area contributed by atoms with E-state index in [1.54, 1.807) is 12.4 Å². The van der Waals surface area contributed by atoms with E-state index in [2.05, 4.69) is 31.0 Å². The molecule has 0 atom stereocenters. The first-order chi connectivity index (χ1) is 19.2. The monoisotopic (exact) mass is 552 g/mol. The Balaban J connectivity index is 1.10.